The zero-order valence-electron chi connectivity index (χ0n) is 8.88. The van der Waals surface area contributed by atoms with Crippen LogP contribution in [0.2, 0.25) is 5.02 Å². The molecule has 0 unspecified atom stereocenters. The molecule has 3 nitrogen and oxygen atoms in total. The van der Waals surface area contributed by atoms with Gasteiger partial charge in [-0.1, -0.05) is 24.4 Å². The highest BCUT2D eigenvalue weighted by Gasteiger charge is 2.30. The maximum absolute atomic E-state index is 6.19. The smallest absolute Gasteiger partial charge is 0.228 e. The van der Waals surface area contributed by atoms with Gasteiger partial charge < -0.3 is 10.5 Å². The van der Waals surface area contributed by atoms with Crippen LogP contribution in [-0.2, 0) is 0 Å². The van der Waals surface area contributed by atoms with Crippen molar-refractivity contribution in [2.75, 3.05) is 6.61 Å². The summed E-state index contributed by atoms with van der Waals surface area (Å²) in [7, 11) is 0. The molecule has 5 heteroatoms. The maximum Gasteiger partial charge on any atom is 0.228 e. The summed E-state index contributed by atoms with van der Waals surface area (Å²) in [5.41, 5.74) is 6.01. The average Bonchev–Trinajstić information content (AvgIpc) is 2.64. The average molecular weight is 306 g/mol. The molecule has 0 aliphatic heterocycles. The van der Waals surface area contributed by atoms with Crippen LogP contribution in [0.3, 0.4) is 0 Å². The highest BCUT2D eigenvalue weighted by Crippen LogP contribution is 2.30. The molecule has 0 saturated heterocycles. The van der Waals surface area contributed by atoms with E-state index in [-0.39, 0.29) is 5.54 Å². The Bertz CT molecular complexity index is 380. The molecule has 0 amide bonds. The molecular weight excluding hydrogens is 291 g/mol. The largest absolute Gasteiger partial charge is 0.475 e. The molecule has 0 atom stereocenters. The first-order chi connectivity index (χ1) is 7.59. The molecule has 1 aromatic rings. The number of rotatable bonds is 3. The molecule has 0 aromatic carbocycles. The Hall–Kier alpha value is -0.320. The monoisotopic (exact) mass is 304 g/mol. The third-order valence-electron chi connectivity index (χ3n) is 2.87. The number of nitrogens with two attached hydrogens (primary N) is 1. The van der Waals surface area contributed by atoms with E-state index >= 15 is 0 Å². The van der Waals surface area contributed by atoms with E-state index in [2.05, 4.69) is 20.9 Å². The Kier molecular flexibility index (Phi) is 3.72. The molecule has 1 aliphatic carbocycles. The van der Waals surface area contributed by atoms with Gasteiger partial charge in [-0.15, -0.1) is 0 Å². The van der Waals surface area contributed by atoms with Gasteiger partial charge in [-0.05, 0) is 34.8 Å². The summed E-state index contributed by atoms with van der Waals surface area (Å²) in [6, 6.07) is 1.77. The summed E-state index contributed by atoms with van der Waals surface area (Å²) >= 11 is 9.16. The van der Waals surface area contributed by atoms with Crippen LogP contribution >= 0.6 is 27.5 Å². The molecule has 0 spiro atoms. The lowest BCUT2D eigenvalue weighted by Crippen LogP contribution is -2.42. The highest BCUT2D eigenvalue weighted by molar-refractivity contribution is 9.10. The van der Waals surface area contributed by atoms with Crippen LogP contribution in [0.15, 0.2) is 16.7 Å². The fraction of sp³-hybridized carbons (Fsp3) is 0.545. The van der Waals surface area contributed by atoms with Crippen molar-refractivity contribution >= 4 is 27.5 Å². The molecule has 88 valence electrons. The van der Waals surface area contributed by atoms with Crippen molar-refractivity contribution in [3.05, 3.63) is 21.8 Å². The molecule has 16 heavy (non-hydrogen) atoms. The maximum atomic E-state index is 6.19. The van der Waals surface area contributed by atoms with E-state index in [0.29, 0.717) is 17.5 Å². The summed E-state index contributed by atoms with van der Waals surface area (Å²) in [5.74, 6) is 0.557. The lowest BCUT2D eigenvalue weighted by atomic mass is 10.0. The van der Waals surface area contributed by atoms with Gasteiger partial charge in [0.2, 0.25) is 5.88 Å². The zero-order valence-corrected chi connectivity index (χ0v) is 11.2. The van der Waals surface area contributed by atoms with Gasteiger partial charge in [0.05, 0.1) is 15.0 Å². The zero-order chi connectivity index (χ0) is 11.6. The molecule has 2 rings (SSSR count). The minimum atomic E-state index is -0.180. The number of hydrogen-bond donors (Lipinski definition) is 1. The second-order valence-electron chi connectivity index (χ2n) is 4.30. The van der Waals surface area contributed by atoms with Crippen molar-refractivity contribution in [3.8, 4) is 5.88 Å². The summed E-state index contributed by atoms with van der Waals surface area (Å²) in [5, 5.41) is 0.586. The topological polar surface area (TPSA) is 48.1 Å². The van der Waals surface area contributed by atoms with Crippen molar-refractivity contribution in [1.29, 1.82) is 0 Å². The molecule has 0 bridgehead atoms. The molecule has 0 radical (unpaired) electrons. The Morgan fingerprint density at radius 3 is 2.81 bits per heavy atom. The van der Waals surface area contributed by atoms with Gasteiger partial charge in [-0.25, -0.2) is 4.98 Å². The number of aromatic nitrogens is 1. The van der Waals surface area contributed by atoms with Crippen molar-refractivity contribution in [3.63, 3.8) is 0 Å². The molecule has 1 aromatic heterocycles. The second-order valence-corrected chi connectivity index (χ2v) is 5.59. The summed E-state index contributed by atoms with van der Waals surface area (Å²) < 4.78 is 6.40. The van der Waals surface area contributed by atoms with Gasteiger partial charge in [0, 0.05) is 6.20 Å². The Morgan fingerprint density at radius 1 is 1.50 bits per heavy atom. The first kappa shape index (κ1) is 12.1. The summed E-state index contributed by atoms with van der Waals surface area (Å²) in [4.78, 5) is 4.11. The number of nitrogens with zero attached hydrogens (tertiary/aromatic N) is 1. The van der Waals surface area contributed by atoms with E-state index in [4.69, 9.17) is 22.1 Å². The molecule has 1 fully saturated rings. The van der Waals surface area contributed by atoms with E-state index in [1.54, 1.807) is 12.3 Å². The molecular formula is C11H14BrClN2O. The minimum absolute atomic E-state index is 0.180. The third kappa shape index (κ3) is 2.87. The second kappa shape index (κ2) is 4.90. The van der Waals surface area contributed by atoms with Crippen LogP contribution in [0.1, 0.15) is 25.7 Å². The quantitative estimate of drug-likeness (QED) is 0.933. The predicted molar refractivity (Wildman–Crippen MR) is 67.8 cm³/mol. The summed E-state index contributed by atoms with van der Waals surface area (Å²) in [6.45, 7) is 0.514. The number of ether oxygens (including phenoxy) is 1. The van der Waals surface area contributed by atoms with Gasteiger partial charge >= 0.3 is 0 Å². The van der Waals surface area contributed by atoms with Crippen molar-refractivity contribution < 1.29 is 4.74 Å². The van der Waals surface area contributed by atoms with Gasteiger partial charge in [-0.2, -0.15) is 0 Å². The van der Waals surface area contributed by atoms with Gasteiger partial charge in [0.1, 0.15) is 6.61 Å². The van der Waals surface area contributed by atoms with Crippen LogP contribution in [0.25, 0.3) is 0 Å². The van der Waals surface area contributed by atoms with Crippen molar-refractivity contribution in [1.82, 2.24) is 4.98 Å². The lowest BCUT2D eigenvalue weighted by molar-refractivity contribution is 0.212. The molecule has 1 aliphatic rings. The van der Waals surface area contributed by atoms with Crippen LogP contribution in [0, 0.1) is 0 Å². The normalized spacial score (nSPS) is 18.7. The third-order valence-corrected chi connectivity index (χ3v) is 3.64. The lowest BCUT2D eigenvalue weighted by Gasteiger charge is -2.23. The van der Waals surface area contributed by atoms with E-state index in [9.17, 15) is 0 Å². The van der Waals surface area contributed by atoms with E-state index in [0.717, 1.165) is 17.3 Å². The van der Waals surface area contributed by atoms with Gasteiger partial charge in [0.15, 0.2) is 0 Å². The van der Waals surface area contributed by atoms with Crippen LogP contribution in [0.5, 0.6) is 5.88 Å². The minimum Gasteiger partial charge on any atom is -0.475 e. The van der Waals surface area contributed by atoms with Crippen LogP contribution in [0.4, 0.5) is 0 Å². The van der Waals surface area contributed by atoms with E-state index < -0.39 is 0 Å². The molecule has 1 heterocycles. The Morgan fingerprint density at radius 2 is 2.19 bits per heavy atom. The van der Waals surface area contributed by atoms with Gasteiger partial charge in [0.25, 0.3) is 0 Å². The van der Waals surface area contributed by atoms with Crippen LogP contribution < -0.4 is 10.5 Å². The standard InChI is InChI=1S/C11H14BrClN2O/c12-9-5-8(13)6-15-10(9)16-7-11(14)3-1-2-4-11/h5-6H,1-4,7,14H2. The first-order valence-corrected chi connectivity index (χ1v) is 6.49. The Balaban J connectivity index is 1.99. The number of halogens is 2. The SMILES string of the molecule is NC1(COc2ncc(Cl)cc2Br)CCCC1. The van der Waals surface area contributed by atoms with E-state index in [1.807, 2.05) is 0 Å². The van der Waals surface area contributed by atoms with Crippen LogP contribution in [-0.4, -0.2) is 17.1 Å². The predicted octanol–water partition coefficient (Wildman–Crippen LogP) is 3.15. The van der Waals surface area contributed by atoms with Crippen molar-refractivity contribution in [2.24, 2.45) is 5.73 Å². The number of pyridine rings is 1. The highest BCUT2D eigenvalue weighted by atomic mass is 79.9. The first-order valence-electron chi connectivity index (χ1n) is 5.32. The Labute approximate surface area is 108 Å². The number of hydrogen-bond acceptors (Lipinski definition) is 3. The fourth-order valence-electron chi connectivity index (χ4n) is 1.94. The molecule has 2 N–H and O–H groups in total. The fourth-order valence-corrected chi connectivity index (χ4v) is 2.70. The van der Waals surface area contributed by atoms with E-state index in [1.165, 1.54) is 12.8 Å². The van der Waals surface area contributed by atoms with Crippen molar-refractivity contribution in [2.45, 2.75) is 31.2 Å². The molecule has 1 saturated carbocycles. The van der Waals surface area contributed by atoms with Gasteiger partial charge in [-0.3, -0.25) is 0 Å². The summed E-state index contributed by atoms with van der Waals surface area (Å²) in [6.07, 6.45) is 6.00.